The number of pyridine rings is 1. The molecule has 0 amide bonds. The molecule has 1 aliphatic heterocycles. The predicted octanol–water partition coefficient (Wildman–Crippen LogP) is 2.44. The number of anilines is 1. The van der Waals surface area contributed by atoms with Crippen molar-refractivity contribution in [2.24, 2.45) is 17.8 Å². The molecule has 3 heterocycles. The number of nitrogens with zero attached hydrogens (tertiary/aromatic N) is 4. The lowest BCUT2D eigenvalue weighted by Gasteiger charge is -2.38. The number of piperidine rings is 1. The van der Waals surface area contributed by atoms with Crippen LogP contribution in [0, 0.1) is 29.1 Å². The molecule has 2 saturated carbocycles. The first-order valence-electron chi connectivity index (χ1n) is 9.39. The van der Waals surface area contributed by atoms with Crippen molar-refractivity contribution in [3.63, 3.8) is 0 Å². The van der Waals surface area contributed by atoms with Gasteiger partial charge in [-0.1, -0.05) is 0 Å². The molecular weight excluding hydrogens is 346 g/mol. The lowest BCUT2D eigenvalue weighted by molar-refractivity contribution is 0.147. The molecular formula is C19H23N5OS. The maximum atomic E-state index is 9.71. The van der Waals surface area contributed by atoms with Gasteiger partial charge in [0.25, 0.3) is 0 Å². The van der Waals surface area contributed by atoms with Crippen LogP contribution in [0.4, 0.5) is 5.69 Å². The fraction of sp³-hybridized carbons (Fsp3) is 0.579. The van der Waals surface area contributed by atoms with Crippen LogP contribution in [-0.2, 0) is 0 Å². The summed E-state index contributed by atoms with van der Waals surface area (Å²) in [6.07, 6.45) is 10.2. The number of aromatic nitrogens is 2. The third-order valence-electron chi connectivity index (χ3n) is 6.35. The summed E-state index contributed by atoms with van der Waals surface area (Å²) in [7, 11) is 0. The molecule has 7 heteroatoms. The standard InChI is InChI=1S/C19H23N5OS/c20-12-19(3-4-19)22-26-15-7-17(18-21-5-6-23(18)10-15)24-8-13-1-2-14(9-24)16(13)11-25/h5-7,10,13-14,16,22,25H,1-4,8-9,11H2. The Morgan fingerprint density at radius 2 is 2.12 bits per heavy atom. The highest BCUT2D eigenvalue weighted by atomic mass is 32.2. The van der Waals surface area contributed by atoms with E-state index in [0.29, 0.717) is 24.4 Å². The third kappa shape index (κ3) is 2.68. The van der Waals surface area contributed by atoms with Crippen LogP contribution < -0.4 is 9.62 Å². The minimum atomic E-state index is -0.340. The number of nitrogens with one attached hydrogen (secondary N) is 1. The molecule has 5 rings (SSSR count). The summed E-state index contributed by atoms with van der Waals surface area (Å²) < 4.78 is 5.41. The van der Waals surface area contributed by atoms with E-state index in [9.17, 15) is 10.4 Å². The normalized spacial score (nSPS) is 29.1. The Bertz CT molecular complexity index is 856. The Morgan fingerprint density at radius 3 is 2.77 bits per heavy atom. The number of aliphatic hydroxyl groups is 1. The molecule has 2 aliphatic carbocycles. The van der Waals surface area contributed by atoms with Crippen molar-refractivity contribution in [3.05, 3.63) is 24.7 Å². The minimum Gasteiger partial charge on any atom is -0.396 e. The van der Waals surface area contributed by atoms with Gasteiger partial charge in [-0.05, 0) is 61.5 Å². The monoisotopic (exact) mass is 369 g/mol. The van der Waals surface area contributed by atoms with Gasteiger partial charge in [-0.15, -0.1) is 0 Å². The van der Waals surface area contributed by atoms with Gasteiger partial charge in [-0.25, -0.2) is 9.71 Å². The van der Waals surface area contributed by atoms with Crippen molar-refractivity contribution in [2.75, 3.05) is 24.6 Å². The Labute approximate surface area is 157 Å². The quantitative estimate of drug-likeness (QED) is 0.789. The van der Waals surface area contributed by atoms with E-state index in [0.717, 1.165) is 42.2 Å². The first kappa shape index (κ1) is 16.4. The van der Waals surface area contributed by atoms with Gasteiger partial charge >= 0.3 is 0 Å². The Kier molecular flexibility index (Phi) is 3.89. The van der Waals surface area contributed by atoms with Crippen LogP contribution in [-0.4, -0.2) is 39.7 Å². The molecule has 2 atom stereocenters. The molecule has 26 heavy (non-hydrogen) atoms. The summed E-state index contributed by atoms with van der Waals surface area (Å²) in [4.78, 5) is 8.13. The zero-order valence-corrected chi connectivity index (χ0v) is 15.5. The molecule has 3 aliphatic rings. The van der Waals surface area contributed by atoms with Gasteiger partial charge in [-0.3, -0.25) is 0 Å². The van der Waals surface area contributed by atoms with Gasteiger partial charge in [0, 0.05) is 43.2 Å². The third-order valence-corrected chi connectivity index (χ3v) is 7.30. The number of hydrogen-bond acceptors (Lipinski definition) is 6. The van der Waals surface area contributed by atoms with E-state index in [2.05, 4.69) is 37.3 Å². The SMILES string of the molecule is N#CC1(NSc2cc(N3CC4CCC(C3)C4CO)c3nccn3c2)CC1. The van der Waals surface area contributed by atoms with Crippen molar-refractivity contribution in [3.8, 4) is 6.07 Å². The van der Waals surface area contributed by atoms with Crippen LogP contribution in [0.3, 0.4) is 0 Å². The van der Waals surface area contributed by atoms with Gasteiger partial charge in [-0.2, -0.15) is 5.26 Å². The van der Waals surface area contributed by atoms with E-state index in [1.54, 1.807) is 11.9 Å². The average molecular weight is 369 g/mol. The predicted molar refractivity (Wildman–Crippen MR) is 101 cm³/mol. The van der Waals surface area contributed by atoms with Gasteiger partial charge in [0.2, 0.25) is 0 Å². The van der Waals surface area contributed by atoms with Crippen LogP contribution >= 0.6 is 11.9 Å². The number of aliphatic hydroxyl groups excluding tert-OH is 1. The van der Waals surface area contributed by atoms with E-state index in [4.69, 9.17) is 0 Å². The maximum absolute atomic E-state index is 9.71. The second kappa shape index (κ2) is 6.15. The molecule has 136 valence electrons. The van der Waals surface area contributed by atoms with E-state index in [1.165, 1.54) is 12.8 Å². The maximum Gasteiger partial charge on any atom is 0.160 e. The van der Waals surface area contributed by atoms with Crippen molar-refractivity contribution >= 4 is 23.3 Å². The second-order valence-electron chi connectivity index (χ2n) is 7.97. The molecule has 0 aromatic carbocycles. The smallest absolute Gasteiger partial charge is 0.160 e. The molecule has 2 unspecified atom stereocenters. The molecule has 2 N–H and O–H groups in total. The first-order chi connectivity index (χ1) is 12.7. The van der Waals surface area contributed by atoms with Crippen LogP contribution in [0.5, 0.6) is 0 Å². The topological polar surface area (TPSA) is 76.6 Å². The van der Waals surface area contributed by atoms with Crippen LogP contribution in [0.1, 0.15) is 25.7 Å². The van der Waals surface area contributed by atoms with Crippen molar-refractivity contribution < 1.29 is 5.11 Å². The summed E-state index contributed by atoms with van der Waals surface area (Å²) in [5, 5.41) is 19.0. The van der Waals surface area contributed by atoms with Crippen molar-refractivity contribution in [1.82, 2.24) is 14.1 Å². The first-order valence-corrected chi connectivity index (χ1v) is 10.2. The number of fused-ring (bicyclic) bond motifs is 3. The van der Waals surface area contributed by atoms with Crippen LogP contribution in [0.25, 0.3) is 5.65 Å². The lowest BCUT2D eigenvalue weighted by Crippen LogP contribution is -2.43. The highest BCUT2D eigenvalue weighted by Gasteiger charge is 2.44. The summed E-state index contributed by atoms with van der Waals surface area (Å²) in [5.41, 5.74) is 1.81. The van der Waals surface area contributed by atoms with E-state index in [-0.39, 0.29) is 5.54 Å². The molecule has 2 aromatic heterocycles. The van der Waals surface area contributed by atoms with Crippen LogP contribution in [0.2, 0.25) is 0 Å². The minimum absolute atomic E-state index is 0.317. The fourth-order valence-corrected chi connectivity index (χ4v) is 5.53. The van der Waals surface area contributed by atoms with Gasteiger partial charge in [0.05, 0.1) is 11.8 Å². The van der Waals surface area contributed by atoms with Gasteiger partial charge in [0.15, 0.2) is 5.65 Å². The number of imidazole rings is 1. The molecule has 0 spiro atoms. The van der Waals surface area contributed by atoms with Crippen LogP contribution in [0.15, 0.2) is 29.6 Å². The zero-order valence-electron chi connectivity index (χ0n) is 14.6. The molecule has 1 saturated heterocycles. The Morgan fingerprint density at radius 1 is 1.35 bits per heavy atom. The highest BCUT2D eigenvalue weighted by Crippen LogP contribution is 2.44. The van der Waals surface area contributed by atoms with E-state index in [1.807, 2.05) is 12.4 Å². The van der Waals surface area contributed by atoms with Gasteiger partial charge < -0.3 is 14.4 Å². The lowest BCUT2D eigenvalue weighted by atomic mass is 9.85. The molecule has 3 fully saturated rings. The molecule has 2 aromatic rings. The van der Waals surface area contributed by atoms with Crippen molar-refractivity contribution in [2.45, 2.75) is 36.1 Å². The molecule has 2 bridgehead atoms. The number of hydrogen-bond donors (Lipinski definition) is 2. The Balaban J connectivity index is 1.44. The summed E-state index contributed by atoms with van der Waals surface area (Å²) in [5.74, 6) is 1.62. The largest absolute Gasteiger partial charge is 0.396 e. The second-order valence-corrected chi connectivity index (χ2v) is 8.85. The Hall–Kier alpha value is -1.75. The van der Waals surface area contributed by atoms with Crippen molar-refractivity contribution in [1.29, 1.82) is 5.26 Å². The highest BCUT2D eigenvalue weighted by molar-refractivity contribution is 7.97. The molecule has 0 radical (unpaired) electrons. The summed E-state index contributed by atoms with van der Waals surface area (Å²) in [6, 6.07) is 4.58. The summed E-state index contributed by atoms with van der Waals surface area (Å²) in [6.45, 7) is 2.31. The number of nitriles is 1. The summed E-state index contributed by atoms with van der Waals surface area (Å²) >= 11 is 1.55. The average Bonchev–Trinajstić information content (AvgIpc) is 3.22. The number of rotatable bonds is 5. The fourth-order valence-electron chi connectivity index (χ4n) is 4.63. The zero-order chi connectivity index (χ0) is 17.7. The van der Waals surface area contributed by atoms with Gasteiger partial charge in [0.1, 0.15) is 5.54 Å². The molecule has 6 nitrogen and oxygen atoms in total. The van der Waals surface area contributed by atoms with E-state index >= 15 is 0 Å². The van der Waals surface area contributed by atoms with E-state index < -0.39 is 0 Å².